The first kappa shape index (κ1) is 15.4. The Morgan fingerprint density at radius 3 is 2.64 bits per heavy atom. The second-order valence-corrected chi connectivity index (χ2v) is 7.49. The van der Waals surface area contributed by atoms with Crippen LogP contribution in [0.15, 0.2) is 24.3 Å². The van der Waals surface area contributed by atoms with Gasteiger partial charge in [-0.2, -0.15) is 17.0 Å². The number of piperazine rings is 1. The van der Waals surface area contributed by atoms with Crippen LogP contribution >= 0.6 is 0 Å². The summed E-state index contributed by atoms with van der Waals surface area (Å²) in [5, 5.41) is 11.9. The molecule has 22 heavy (non-hydrogen) atoms. The van der Waals surface area contributed by atoms with Gasteiger partial charge < -0.3 is 10.4 Å². The van der Waals surface area contributed by atoms with E-state index in [0.717, 1.165) is 5.56 Å². The van der Waals surface area contributed by atoms with Gasteiger partial charge in [-0.25, -0.2) is 0 Å². The number of carbonyl (C=O) groups is 1. The summed E-state index contributed by atoms with van der Waals surface area (Å²) in [6.45, 7) is 1.39. The van der Waals surface area contributed by atoms with E-state index in [2.05, 4.69) is 5.32 Å². The van der Waals surface area contributed by atoms with E-state index >= 15 is 0 Å². The van der Waals surface area contributed by atoms with Crippen molar-refractivity contribution in [2.45, 2.75) is 19.0 Å². The monoisotopic (exact) mass is 325 g/mol. The zero-order chi connectivity index (χ0) is 15.7. The predicted octanol–water partition coefficient (Wildman–Crippen LogP) is -0.352. The van der Waals surface area contributed by atoms with E-state index in [-0.39, 0.29) is 6.54 Å². The minimum Gasteiger partial charge on any atom is -0.480 e. The Kier molecular flexibility index (Phi) is 4.18. The molecule has 120 valence electrons. The van der Waals surface area contributed by atoms with Crippen molar-refractivity contribution in [1.29, 1.82) is 0 Å². The number of carboxylic acids is 1. The van der Waals surface area contributed by atoms with Crippen LogP contribution in [-0.2, 0) is 28.0 Å². The van der Waals surface area contributed by atoms with Crippen LogP contribution in [0.4, 0.5) is 0 Å². The number of nitrogens with one attached hydrogen (secondary N) is 1. The number of nitrogens with zero attached hydrogens (tertiary/aromatic N) is 2. The highest BCUT2D eigenvalue weighted by Gasteiger charge is 2.36. The van der Waals surface area contributed by atoms with Crippen LogP contribution in [0.2, 0.25) is 0 Å². The molecule has 2 N–H and O–H groups in total. The van der Waals surface area contributed by atoms with Crippen molar-refractivity contribution < 1.29 is 18.3 Å². The summed E-state index contributed by atoms with van der Waals surface area (Å²) in [4.78, 5) is 11.1. The molecule has 0 aliphatic carbocycles. The van der Waals surface area contributed by atoms with Crippen LogP contribution in [0.5, 0.6) is 0 Å². The Morgan fingerprint density at radius 2 is 1.91 bits per heavy atom. The zero-order valence-electron chi connectivity index (χ0n) is 12.1. The fourth-order valence-electron chi connectivity index (χ4n) is 2.93. The molecule has 1 saturated heterocycles. The second-order valence-electron chi connectivity index (χ2n) is 5.56. The van der Waals surface area contributed by atoms with E-state index in [0.29, 0.717) is 32.6 Å². The molecule has 0 aromatic heterocycles. The molecular weight excluding hydrogens is 306 g/mol. The standard InChI is InChI=1S/C14H19N3O4S/c18-14(19)13-10-17(8-6-15-13)22(20,21)16-7-5-11-3-1-2-4-12(11)9-16/h1-4,13,15H,5-10H2,(H,18,19)/t13-/m0/s1. The predicted molar refractivity (Wildman–Crippen MR) is 80.5 cm³/mol. The maximum Gasteiger partial charge on any atom is 0.322 e. The van der Waals surface area contributed by atoms with Crippen LogP contribution < -0.4 is 5.32 Å². The van der Waals surface area contributed by atoms with E-state index in [1.54, 1.807) is 0 Å². The van der Waals surface area contributed by atoms with Crippen molar-refractivity contribution >= 4 is 16.2 Å². The Bertz CT molecular complexity index is 676. The first-order chi connectivity index (χ1) is 10.5. The third-order valence-electron chi connectivity index (χ3n) is 4.18. The van der Waals surface area contributed by atoms with Gasteiger partial charge in [0.1, 0.15) is 6.04 Å². The Morgan fingerprint density at radius 1 is 1.18 bits per heavy atom. The summed E-state index contributed by atoms with van der Waals surface area (Å²) in [6.07, 6.45) is 0.684. The average Bonchev–Trinajstić information content (AvgIpc) is 2.54. The first-order valence-corrected chi connectivity index (χ1v) is 8.66. The number of hydrogen-bond donors (Lipinski definition) is 2. The van der Waals surface area contributed by atoms with Gasteiger partial charge in [0.15, 0.2) is 0 Å². The maximum atomic E-state index is 12.7. The number of rotatable bonds is 3. The Labute approximate surface area is 129 Å². The maximum absolute atomic E-state index is 12.7. The van der Waals surface area contributed by atoms with Crippen molar-refractivity contribution in [3.63, 3.8) is 0 Å². The lowest BCUT2D eigenvalue weighted by molar-refractivity contribution is -0.140. The van der Waals surface area contributed by atoms with Crippen molar-refractivity contribution in [1.82, 2.24) is 13.9 Å². The van der Waals surface area contributed by atoms with Gasteiger partial charge >= 0.3 is 5.97 Å². The van der Waals surface area contributed by atoms with E-state index < -0.39 is 22.2 Å². The Balaban J connectivity index is 1.78. The topological polar surface area (TPSA) is 90.0 Å². The van der Waals surface area contributed by atoms with Gasteiger partial charge in [0.25, 0.3) is 10.2 Å². The molecule has 0 bridgehead atoms. The van der Waals surface area contributed by atoms with Gasteiger partial charge in [-0.3, -0.25) is 4.79 Å². The van der Waals surface area contributed by atoms with E-state index in [1.165, 1.54) is 14.2 Å². The number of carboxylic acid groups (broad SMARTS) is 1. The number of benzene rings is 1. The normalized spacial score (nSPS) is 23.9. The molecule has 0 saturated carbocycles. The lowest BCUT2D eigenvalue weighted by atomic mass is 10.0. The number of hydrogen-bond acceptors (Lipinski definition) is 4. The first-order valence-electron chi connectivity index (χ1n) is 7.26. The van der Waals surface area contributed by atoms with Crippen molar-refractivity contribution in [3.05, 3.63) is 35.4 Å². The smallest absolute Gasteiger partial charge is 0.322 e. The molecule has 1 fully saturated rings. The number of aliphatic carboxylic acids is 1. The van der Waals surface area contributed by atoms with Gasteiger partial charge in [-0.05, 0) is 17.5 Å². The summed E-state index contributed by atoms with van der Waals surface area (Å²) in [5.74, 6) is -1.02. The largest absolute Gasteiger partial charge is 0.480 e. The summed E-state index contributed by atoms with van der Waals surface area (Å²) in [7, 11) is -3.63. The van der Waals surface area contributed by atoms with Gasteiger partial charge in [-0.1, -0.05) is 24.3 Å². The highest BCUT2D eigenvalue weighted by molar-refractivity contribution is 7.86. The molecule has 1 atom stereocenters. The molecule has 2 aliphatic rings. The molecule has 2 heterocycles. The van der Waals surface area contributed by atoms with E-state index in [9.17, 15) is 13.2 Å². The lowest BCUT2D eigenvalue weighted by Crippen LogP contribution is -2.58. The highest BCUT2D eigenvalue weighted by atomic mass is 32.2. The minimum atomic E-state index is -3.63. The third kappa shape index (κ3) is 2.87. The molecule has 1 aromatic rings. The highest BCUT2D eigenvalue weighted by Crippen LogP contribution is 2.23. The molecule has 1 aromatic carbocycles. The summed E-state index contributed by atoms with van der Waals surface area (Å²) in [5.41, 5.74) is 2.19. The van der Waals surface area contributed by atoms with E-state index in [1.807, 2.05) is 24.3 Å². The van der Waals surface area contributed by atoms with Crippen LogP contribution in [0, 0.1) is 0 Å². The van der Waals surface area contributed by atoms with Gasteiger partial charge in [0.05, 0.1) is 0 Å². The molecular formula is C14H19N3O4S. The van der Waals surface area contributed by atoms with Gasteiger partial charge in [-0.15, -0.1) is 0 Å². The second kappa shape index (κ2) is 5.96. The molecule has 0 unspecified atom stereocenters. The van der Waals surface area contributed by atoms with Crippen molar-refractivity contribution in [3.8, 4) is 0 Å². The van der Waals surface area contributed by atoms with Crippen molar-refractivity contribution in [2.75, 3.05) is 26.2 Å². The van der Waals surface area contributed by atoms with Crippen LogP contribution in [0.25, 0.3) is 0 Å². The van der Waals surface area contributed by atoms with Crippen molar-refractivity contribution in [2.24, 2.45) is 0 Å². The number of fused-ring (bicyclic) bond motifs is 1. The average molecular weight is 325 g/mol. The third-order valence-corrected chi connectivity index (χ3v) is 6.13. The van der Waals surface area contributed by atoms with Crippen LogP contribution in [0.3, 0.4) is 0 Å². The van der Waals surface area contributed by atoms with Gasteiger partial charge in [0.2, 0.25) is 0 Å². The van der Waals surface area contributed by atoms with Gasteiger partial charge in [0, 0.05) is 32.7 Å². The molecule has 2 aliphatic heterocycles. The lowest BCUT2D eigenvalue weighted by Gasteiger charge is -2.36. The SMILES string of the molecule is O=C(O)[C@@H]1CN(S(=O)(=O)N2CCc3ccccc3C2)CCN1. The molecule has 0 radical (unpaired) electrons. The summed E-state index contributed by atoms with van der Waals surface area (Å²) in [6, 6.07) is 6.97. The summed E-state index contributed by atoms with van der Waals surface area (Å²) >= 11 is 0. The molecule has 7 nitrogen and oxygen atoms in total. The fourth-order valence-corrected chi connectivity index (χ4v) is 4.54. The quantitative estimate of drug-likeness (QED) is 0.793. The molecule has 3 rings (SSSR count). The van der Waals surface area contributed by atoms with Crippen LogP contribution in [0.1, 0.15) is 11.1 Å². The zero-order valence-corrected chi connectivity index (χ0v) is 12.9. The summed E-state index contributed by atoms with van der Waals surface area (Å²) < 4.78 is 28.2. The van der Waals surface area contributed by atoms with Crippen LogP contribution in [-0.4, -0.2) is 60.3 Å². The Hall–Kier alpha value is -1.48. The molecule has 8 heteroatoms. The van der Waals surface area contributed by atoms with E-state index in [4.69, 9.17) is 5.11 Å². The molecule has 0 amide bonds. The molecule has 0 spiro atoms. The minimum absolute atomic E-state index is 0.0319. The fraction of sp³-hybridized carbons (Fsp3) is 0.500.